The van der Waals surface area contributed by atoms with Gasteiger partial charge in [-0.05, 0) is 56.2 Å². The van der Waals surface area contributed by atoms with Gasteiger partial charge in [-0.25, -0.2) is 9.59 Å². The molecule has 0 unspecified atom stereocenters. The Morgan fingerprint density at radius 2 is 1.85 bits per heavy atom. The molecule has 0 amide bonds. The molecule has 0 spiro atoms. The summed E-state index contributed by atoms with van der Waals surface area (Å²) < 4.78 is 15.9. The quantitative estimate of drug-likeness (QED) is 0.297. The summed E-state index contributed by atoms with van der Waals surface area (Å²) in [6.45, 7) is 4.65. The average molecular weight is 366 g/mol. The van der Waals surface area contributed by atoms with Crippen LogP contribution in [0.15, 0.2) is 51.7 Å². The van der Waals surface area contributed by atoms with E-state index < -0.39 is 11.6 Å². The van der Waals surface area contributed by atoms with Crippen LogP contribution < -0.4 is 15.1 Å². The molecule has 6 nitrogen and oxygen atoms in total. The number of aryl methyl sites for hydroxylation is 2. The molecule has 0 saturated carbocycles. The number of carbonyl (C=O) groups is 2. The van der Waals surface area contributed by atoms with Crippen LogP contribution in [0.2, 0.25) is 0 Å². The Bertz CT molecular complexity index is 1090. The van der Waals surface area contributed by atoms with Crippen molar-refractivity contribution in [2.45, 2.75) is 20.8 Å². The molecule has 3 rings (SSSR count). The SMILES string of the molecule is CC(=O)c1c(OC(=O)COc2cccc(C)c2)ccc2c(C)cc(=O)oc12. The van der Waals surface area contributed by atoms with Crippen molar-refractivity contribution in [3.05, 3.63) is 69.6 Å². The second-order valence-corrected chi connectivity index (χ2v) is 6.20. The Kier molecular flexibility index (Phi) is 5.07. The fourth-order valence-corrected chi connectivity index (χ4v) is 2.78. The van der Waals surface area contributed by atoms with Crippen molar-refractivity contribution in [2.24, 2.45) is 0 Å². The van der Waals surface area contributed by atoms with Gasteiger partial charge in [0.05, 0.1) is 0 Å². The van der Waals surface area contributed by atoms with Crippen molar-refractivity contribution in [1.82, 2.24) is 0 Å². The van der Waals surface area contributed by atoms with Crippen LogP contribution in [-0.4, -0.2) is 18.4 Å². The van der Waals surface area contributed by atoms with Crippen LogP contribution in [0.25, 0.3) is 11.0 Å². The lowest BCUT2D eigenvalue weighted by molar-refractivity contribution is -0.136. The molecule has 0 aliphatic carbocycles. The molecule has 2 aromatic carbocycles. The summed E-state index contributed by atoms with van der Waals surface area (Å²) in [7, 11) is 0. The van der Waals surface area contributed by atoms with E-state index in [1.165, 1.54) is 19.1 Å². The highest BCUT2D eigenvalue weighted by Gasteiger charge is 2.19. The van der Waals surface area contributed by atoms with E-state index in [2.05, 4.69) is 0 Å². The Morgan fingerprint density at radius 1 is 1.07 bits per heavy atom. The van der Waals surface area contributed by atoms with Gasteiger partial charge in [-0.15, -0.1) is 0 Å². The fraction of sp³-hybridized carbons (Fsp3) is 0.190. The van der Waals surface area contributed by atoms with Crippen molar-refractivity contribution < 1.29 is 23.5 Å². The zero-order valence-corrected chi connectivity index (χ0v) is 15.2. The summed E-state index contributed by atoms with van der Waals surface area (Å²) in [4.78, 5) is 36.0. The Morgan fingerprint density at radius 3 is 2.56 bits per heavy atom. The van der Waals surface area contributed by atoms with Gasteiger partial charge in [-0.1, -0.05) is 12.1 Å². The van der Waals surface area contributed by atoms with E-state index in [4.69, 9.17) is 13.9 Å². The molecular weight excluding hydrogens is 348 g/mol. The second kappa shape index (κ2) is 7.45. The number of hydrogen-bond donors (Lipinski definition) is 0. The molecule has 6 heteroatoms. The maximum atomic E-state index is 12.2. The molecule has 1 aromatic heterocycles. The van der Waals surface area contributed by atoms with Gasteiger partial charge in [-0.2, -0.15) is 0 Å². The van der Waals surface area contributed by atoms with Crippen LogP contribution in [0.1, 0.15) is 28.4 Å². The number of rotatable bonds is 5. The highest BCUT2D eigenvalue weighted by Crippen LogP contribution is 2.29. The normalized spacial score (nSPS) is 10.6. The van der Waals surface area contributed by atoms with Gasteiger partial charge in [0.2, 0.25) is 0 Å². The summed E-state index contributed by atoms with van der Waals surface area (Å²) in [5, 5.41) is 0.607. The lowest BCUT2D eigenvalue weighted by atomic mass is 10.0. The van der Waals surface area contributed by atoms with Crippen molar-refractivity contribution in [3.8, 4) is 11.5 Å². The second-order valence-electron chi connectivity index (χ2n) is 6.20. The first-order valence-corrected chi connectivity index (χ1v) is 8.33. The van der Waals surface area contributed by atoms with Crippen LogP contribution in [-0.2, 0) is 4.79 Å². The molecule has 0 aliphatic heterocycles. The topological polar surface area (TPSA) is 82.8 Å². The zero-order chi connectivity index (χ0) is 19.6. The first-order chi connectivity index (χ1) is 12.8. The molecule has 0 N–H and O–H groups in total. The number of esters is 1. The van der Waals surface area contributed by atoms with Crippen LogP contribution in [0.3, 0.4) is 0 Å². The van der Waals surface area contributed by atoms with Crippen LogP contribution >= 0.6 is 0 Å². The lowest BCUT2D eigenvalue weighted by Gasteiger charge is -2.11. The maximum Gasteiger partial charge on any atom is 0.349 e. The molecule has 0 radical (unpaired) electrons. The predicted molar refractivity (Wildman–Crippen MR) is 99.5 cm³/mol. The minimum Gasteiger partial charge on any atom is -0.482 e. The number of ketones is 1. The molecule has 3 aromatic rings. The number of Topliss-reactive ketones (excluding diaryl/α,β-unsaturated/α-hetero) is 1. The highest BCUT2D eigenvalue weighted by atomic mass is 16.6. The smallest absolute Gasteiger partial charge is 0.349 e. The lowest BCUT2D eigenvalue weighted by Crippen LogP contribution is -2.19. The van der Waals surface area contributed by atoms with E-state index in [1.807, 2.05) is 19.1 Å². The molecule has 138 valence electrons. The molecule has 0 fully saturated rings. The standard InChI is InChI=1S/C21H18O6/c1-12-5-4-6-15(9-12)25-11-19(24)26-17-8-7-16-13(2)10-18(23)27-21(16)20(17)14(3)22/h4-10H,11H2,1-3H3. The summed E-state index contributed by atoms with van der Waals surface area (Å²) in [5.74, 6) is -0.481. The number of benzene rings is 2. The van der Waals surface area contributed by atoms with Gasteiger partial charge in [0, 0.05) is 11.5 Å². The van der Waals surface area contributed by atoms with E-state index in [0.29, 0.717) is 16.7 Å². The average Bonchev–Trinajstić information content (AvgIpc) is 2.59. The number of ether oxygens (including phenoxy) is 2. The van der Waals surface area contributed by atoms with Gasteiger partial charge in [0.1, 0.15) is 17.1 Å². The molecule has 0 bridgehead atoms. The third-order valence-corrected chi connectivity index (χ3v) is 4.00. The third-order valence-electron chi connectivity index (χ3n) is 4.00. The van der Waals surface area contributed by atoms with Gasteiger partial charge in [0.25, 0.3) is 0 Å². The van der Waals surface area contributed by atoms with E-state index in [1.54, 1.807) is 25.1 Å². The largest absolute Gasteiger partial charge is 0.482 e. The van der Waals surface area contributed by atoms with Crippen LogP contribution in [0.5, 0.6) is 11.5 Å². The first-order valence-electron chi connectivity index (χ1n) is 8.33. The summed E-state index contributed by atoms with van der Waals surface area (Å²) >= 11 is 0. The molecule has 0 atom stereocenters. The van der Waals surface area contributed by atoms with E-state index in [9.17, 15) is 14.4 Å². The minimum atomic E-state index is -0.673. The van der Waals surface area contributed by atoms with E-state index in [-0.39, 0.29) is 29.3 Å². The Hall–Kier alpha value is -3.41. The van der Waals surface area contributed by atoms with Crippen molar-refractivity contribution in [3.63, 3.8) is 0 Å². The van der Waals surface area contributed by atoms with Gasteiger partial charge in [-0.3, -0.25) is 4.79 Å². The van der Waals surface area contributed by atoms with Gasteiger partial charge in [0.15, 0.2) is 18.0 Å². The summed E-state index contributed by atoms with van der Waals surface area (Å²) in [6.07, 6.45) is 0. The van der Waals surface area contributed by atoms with Crippen molar-refractivity contribution in [2.75, 3.05) is 6.61 Å². The highest BCUT2D eigenvalue weighted by molar-refractivity contribution is 6.08. The minimum absolute atomic E-state index is 0.0293. The molecule has 27 heavy (non-hydrogen) atoms. The summed E-state index contributed by atoms with van der Waals surface area (Å²) in [6, 6.07) is 11.7. The fourth-order valence-electron chi connectivity index (χ4n) is 2.78. The van der Waals surface area contributed by atoms with Crippen molar-refractivity contribution in [1.29, 1.82) is 0 Å². The number of carbonyl (C=O) groups excluding carboxylic acids is 2. The van der Waals surface area contributed by atoms with Gasteiger partial charge < -0.3 is 13.9 Å². The Balaban J connectivity index is 1.88. The molecule has 0 saturated heterocycles. The van der Waals surface area contributed by atoms with Crippen LogP contribution in [0.4, 0.5) is 0 Å². The van der Waals surface area contributed by atoms with Crippen molar-refractivity contribution >= 4 is 22.7 Å². The van der Waals surface area contributed by atoms with E-state index in [0.717, 1.165) is 5.56 Å². The zero-order valence-electron chi connectivity index (χ0n) is 15.2. The first kappa shape index (κ1) is 18.4. The Labute approximate surface area is 155 Å². The predicted octanol–water partition coefficient (Wildman–Crippen LogP) is 3.60. The third kappa shape index (κ3) is 4.06. The maximum absolute atomic E-state index is 12.2. The number of fused-ring (bicyclic) bond motifs is 1. The monoisotopic (exact) mass is 366 g/mol. The number of hydrogen-bond acceptors (Lipinski definition) is 6. The summed E-state index contributed by atoms with van der Waals surface area (Å²) in [5.41, 5.74) is 1.26. The molecule has 0 aliphatic rings. The van der Waals surface area contributed by atoms with E-state index >= 15 is 0 Å². The molecular formula is C21H18O6. The van der Waals surface area contributed by atoms with Gasteiger partial charge >= 0.3 is 11.6 Å². The molecule has 1 heterocycles. The van der Waals surface area contributed by atoms with Crippen LogP contribution in [0, 0.1) is 13.8 Å².